The zero-order valence-electron chi connectivity index (χ0n) is 12.4. The number of nitrogens with zero attached hydrogens (tertiary/aromatic N) is 4. The zero-order chi connectivity index (χ0) is 16.2. The Bertz CT molecular complexity index is 788. The Morgan fingerprint density at radius 2 is 1.91 bits per heavy atom. The molecule has 0 aliphatic carbocycles. The molecule has 3 aromatic rings. The van der Waals surface area contributed by atoms with Crippen LogP contribution < -0.4 is 5.32 Å². The maximum Gasteiger partial charge on any atom is 0.164 e. The monoisotopic (exact) mass is 347 g/mol. The van der Waals surface area contributed by atoms with Gasteiger partial charge in [0.05, 0.1) is 12.6 Å². The van der Waals surface area contributed by atoms with E-state index in [1.807, 2.05) is 36.4 Å². The van der Waals surface area contributed by atoms with Crippen molar-refractivity contribution in [1.29, 1.82) is 0 Å². The number of hydrogen-bond acceptors (Lipinski definition) is 4. The van der Waals surface area contributed by atoms with Gasteiger partial charge in [0.15, 0.2) is 5.82 Å². The standard InChI is InChI=1S/C16H15Cl2N5/c1-23-15(20-21-22-23)10-19-16(11-5-3-2-4-6-11)13-9-12(17)7-8-14(13)18/h2-9,16,19H,10H2,1H3. The van der Waals surface area contributed by atoms with Gasteiger partial charge in [-0.25, -0.2) is 4.68 Å². The van der Waals surface area contributed by atoms with Gasteiger partial charge >= 0.3 is 0 Å². The first-order chi connectivity index (χ1) is 11.1. The molecule has 2 aromatic carbocycles. The summed E-state index contributed by atoms with van der Waals surface area (Å²) >= 11 is 12.5. The van der Waals surface area contributed by atoms with E-state index in [2.05, 4.69) is 20.8 Å². The van der Waals surface area contributed by atoms with Crippen molar-refractivity contribution < 1.29 is 0 Å². The first-order valence-corrected chi connectivity index (χ1v) is 7.85. The lowest BCUT2D eigenvalue weighted by molar-refractivity contribution is 0.562. The molecule has 1 N–H and O–H groups in total. The first kappa shape index (κ1) is 15.9. The first-order valence-electron chi connectivity index (χ1n) is 7.09. The van der Waals surface area contributed by atoms with Crippen LogP contribution in [-0.2, 0) is 13.6 Å². The van der Waals surface area contributed by atoms with Crippen LogP contribution in [0.5, 0.6) is 0 Å². The fraction of sp³-hybridized carbons (Fsp3) is 0.188. The van der Waals surface area contributed by atoms with Crippen molar-refractivity contribution >= 4 is 23.2 Å². The number of nitrogens with one attached hydrogen (secondary N) is 1. The summed E-state index contributed by atoms with van der Waals surface area (Å²) < 4.78 is 1.63. The summed E-state index contributed by atoms with van der Waals surface area (Å²) in [7, 11) is 1.81. The van der Waals surface area contributed by atoms with Gasteiger partial charge < -0.3 is 0 Å². The Morgan fingerprint density at radius 1 is 1.13 bits per heavy atom. The minimum Gasteiger partial charge on any atom is -0.299 e. The number of halogens is 2. The molecule has 1 aromatic heterocycles. The lowest BCUT2D eigenvalue weighted by Crippen LogP contribution is -2.24. The third-order valence-corrected chi connectivity index (χ3v) is 4.15. The molecular formula is C16H15Cl2N5. The number of benzene rings is 2. The molecule has 0 saturated carbocycles. The SMILES string of the molecule is Cn1nnnc1CNC(c1ccccc1)c1cc(Cl)ccc1Cl. The molecule has 0 aliphatic heterocycles. The zero-order valence-corrected chi connectivity index (χ0v) is 14.0. The molecule has 3 rings (SSSR count). The van der Waals surface area contributed by atoms with Crippen LogP contribution in [0.4, 0.5) is 0 Å². The van der Waals surface area contributed by atoms with E-state index < -0.39 is 0 Å². The highest BCUT2D eigenvalue weighted by Gasteiger charge is 2.18. The third kappa shape index (κ3) is 3.69. The van der Waals surface area contributed by atoms with Gasteiger partial charge in [-0.3, -0.25) is 5.32 Å². The van der Waals surface area contributed by atoms with Gasteiger partial charge in [-0.2, -0.15) is 0 Å². The van der Waals surface area contributed by atoms with E-state index in [0.29, 0.717) is 16.6 Å². The van der Waals surface area contributed by atoms with Gasteiger partial charge in [0.1, 0.15) is 0 Å². The van der Waals surface area contributed by atoms with E-state index in [9.17, 15) is 0 Å². The van der Waals surface area contributed by atoms with Crippen molar-refractivity contribution in [2.24, 2.45) is 7.05 Å². The Hall–Kier alpha value is -1.95. The van der Waals surface area contributed by atoms with Crippen LogP contribution in [0.1, 0.15) is 23.0 Å². The smallest absolute Gasteiger partial charge is 0.164 e. The van der Waals surface area contributed by atoms with Crippen molar-refractivity contribution in [2.75, 3.05) is 0 Å². The molecule has 0 amide bonds. The van der Waals surface area contributed by atoms with Crippen molar-refractivity contribution in [3.8, 4) is 0 Å². The van der Waals surface area contributed by atoms with Crippen molar-refractivity contribution in [3.63, 3.8) is 0 Å². The number of aryl methyl sites for hydroxylation is 1. The molecule has 7 heteroatoms. The summed E-state index contributed by atoms with van der Waals surface area (Å²) in [5.41, 5.74) is 2.01. The summed E-state index contributed by atoms with van der Waals surface area (Å²) in [5, 5.41) is 16.3. The summed E-state index contributed by atoms with van der Waals surface area (Å²) in [6, 6.07) is 15.4. The Morgan fingerprint density at radius 3 is 2.61 bits per heavy atom. The molecule has 0 radical (unpaired) electrons. The van der Waals surface area contributed by atoms with Gasteiger partial charge in [-0.15, -0.1) is 5.10 Å². The van der Waals surface area contributed by atoms with Crippen molar-refractivity contribution in [2.45, 2.75) is 12.6 Å². The molecule has 0 bridgehead atoms. The highest BCUT2D eigenvalue weighted by atomic mass is 35.5. The summed E-state index contributed by atoms with van der Waals surface area (Å²) in [4.78, 5) is 0. The van der Waals surface area contributed by atoms with Gasteiger partial charge in [-0.1, -0.05) is 53.5 Å². The topological polar surface area (TPSA) is 55.6 Å². The fourth-order valence-electron chi connectivity index (χ4n) is 2.38. The van der Waals surface area contributed by atoms with E-state index in [4.69, 9.17) is 23.2 Å². The second kappa shape index (κ2) is 7.08. The molecule has 0 spiro atoms. The van der Waals surface area contributed by atoms with Crippen LogP contribution in [-0.4, -0.2) is 20.2 Å². The predicted molar refractivity (Wildman–Crippen MR) is 90.4 cm³/mol. The second-order valence-electron chi connectivity index (χ2n) is 5.11. The molecule has 1 atom stereocenters. The lowest BCUT2D eigenvalue weighted by Gasteiger charge is -2.21. The second-order valence-corrected chi connectivity index (χ2v) is 5.95. The van der Waals surface area contributed by atoms with Crippen LogP contribution in [0.3, 0.4) is 0 Å². The molecular weight excluding hydrogens is 333 g/mol. The Labute approximate surface area is 144 Å². The number of tetrazole rings is 1. The molecule has 23 heavy (non-hydrogen) atoms. The maximum atomic E-state index is 6.39. The predicted octanol–water partition coefficient (Wildman–Crippen LogP) is 3.40. The Balaban J connectivity index is 1.94. The van der Waals surface area contributed by atoms with E-state index in [1.165, 1.54) is 0 Å². The molecule has 0 fully saturated rings. The molecule has 1 heterocycles. The van der Waals surface area contributed by atoms with Gasteiger partial charge in [0.2, 0.25) is 0 Å². The average molecular weight is 348 g/mol. The molecule has 118 valence electrons. The largest absolute Gasteiger partial charge is 0.299 e. The number of rotatable bonds is 5. The van der Waals surface area contributed by atoms with E-state index in [-0.39, 0.29) is 6.04 Å². The fourth-order valence-corrected chi connectivity index (χ4v) is 2.79. The third-order valence-electron chi connectivity index (χ3n) is 3.57. The van der Waals surface area contributed by atoms with Gasteiger partial charge in [0.25, 0.3) is 0 Å². The molecule has 0 saturated heterocycles. The highest BCUT2D eigenvalue weighted by molar-refractivity contribution is 6.33. The molecule has 0 aliphatic rings. The van der Waals surface area contributed by atoms with Crippen LogP contribution in [0, 0.1) is 0 Å². The van der Waals surface area contributed by atoms with Crippen molar-refractivity contribution in [1.82, 2.24) is 25.5 Å². The average Bonchev–Trinajstić information content (AvgIpc) is 2.97. The van der Waals surface area contributed by atoms with Crippen LogP contribution in [0.2, 0.25) is 10.0 Å². The lowest BCUT2D eigenvalue weighted by atomic mass is 9.98. The minimum atomic E-state index is -0.112. The summed E-state index contributed by atoms with van der Waals surface area (Å²) in [6.45, 7) is 0.506. The van der Waals surface area contributed by atoms with Gasteiger partial charge in [-0.05, 0) is 39.8 Å². The number of hydrogen-bond donors (Lipinski definition) is 1. The Kier molecular flexibility index (Phi) is 4.91. The summed E-state index contributed by atoms with van der Waals surface area (Å²) in [6.07, 6.45) is 0. The van der Waals surface area contributed by atoms with E-state index in [0.717, 1.165) is 17.0 Å². The maximum absolute atomic E-state index is 6.39. The van der Waals surface area contributed by atoms with Crippen molar-refractivity contribution in [3.05, 3.63) is 75.5 Å². The van der Waals surface area contributed by atoms with E-state index >= 15 is 0 Å². The number of aromatic nitrogens is 4. The highest BCUT2D eigenvalue weighted by Crippen LogP contribution is 2.30. The van der Waals surface area contributed by atoms with Gasteiger partial charge in [0, 0.05) is 17.1 Å². The normalized spacial score (nSPS) is 12.3. The van der Waals surface area contributed by atoms with Crippen LogP contribution in [0.25, 0.3) is 0 Å². The molecule has 1 unspecified atom stereocenters. The quantitative estimate of drug-likeness (QED) is 0.768. The summed E-state index contributed by atoms with van der Waals surface area (Å²) in [5.74, 6) is 0.740. The van der Waals surface area contributed by atoms with Crippen LogP contribution >= 0.6 is 23.2 Å². The minimum absolute atomic E-state index is 0.112. The van der Waals surface area contributed by atoms with Crippen LogP contribution in [0.15, 0.2) is 48.5 Å². The van der Waals surface area contributed by atoms with E-state index in [1.54, 1.807) is 23.9 Å². The molecule has 5 nitrogen and oxygen atoms in total.